The Balaban J connectivity index is 2.19. The third-order valence-electron chi connectivity index (χ3n) is 2.48. The van der Waals surface area contributed by atoms with Gasteiger partial charge in [0.2, 0.25) is 0 Å². The van der Waals surface area contributed by atoms with Gasteiger partial charge in [0.25, 0.3) is 0 Å². The van der Waals surface area contributed by atoms with Gasteiger partial charge in [-0.2, -0.15) is 0 Å². The molecule has 84 valence electrons. The molecule has 0 spiro atoms. The summed E-state index contributed by atoms with van der Waals surface area (Å²) >= 11 is 0. The first kappa shape index (κ1) is 11.4. The molecule has 1 nitrogen and oxygen atoms in total. The van der Waals surface area contributed by atoms with E-state index in [0.717, 1.165) is 17.5 Å². The zero-order valence-electron chi connectivity index (χ0n) is 9.69. The summed E-state index contributed by atoms with van der Waals surface area (Å²) in [7, 11) is 0. The fraction of sp³-hybridized carbons (Fsp3) is 0.125. The van der Waals surface area contributed by atoms with Gasteiger partial charge in [-0.25, -0.2) is 0 Å². The maximum absolute atomic E-state index is 5.54. The molecule has 0 unspecified atom stereocenters. The number of hydrogen-bond acceptors (Lipinski definition) is 1. The largest absolute Gasteiger partial charge is 0.330 e. The van der Waals surface area contributed by atoms with Gasteiger partial charge in [-0.15, -0.1) is 0 Å². The molecular formula is C16H15N. The van der Waals surface area contributed by atoms with E-state index in [1.165, 1.54) is 5.56 Å². The second-order valence-corrected chi connectivity index (χ2v) is 3.86. The minimum atomic E-state index is 0.676. The average Bonchev–Trinajstić information content (AvgIpc) is 2.39. The standard InChI is InChI=1S/C16H15N/c17-12-11-16-8-4-7-15(13-16)10-9-14-5-2-1-3-6-14/h1-8,13H,11-12,17H2. The van der Waals surface area contributed by atoms with E-state index >= 15 is 0 Å². The van der Waals surface area contributed by atoms with E-state index in [0.29, 0.717) is 6.54 Å². The maximum Gasteiger partial charge on any atom is 0.0251 e. The van der Waals surface area contributed by atoms with Crippen LogP contribution in [0, 0.1) is 11.8 Å². The molecule has 0 amide bonds. The molecule has 0 aliphatic carbocycles. The molecule has 2 aromatic rings. The molecule has 0 heterocycles. The van der Waals surface area contributed by atoms with Crippen LogP contribution in [-0.2, 0) is 6.42 Å². The van der Waals surface area contributed by atoms with Gasteiger partial charge in [0.15, 0.2) is 0 Å². The van der Waals surface area contributed by atoms with E-state index in [9.17, 15) is 0 Å². The Morgan fingerprint density at radius 1 is 0.824 bits per heavy atom. The van der Waals surface area contributed by atoms with Crippen molar-refractivity contribution in [1.82, 2.24) is 0 Å². The van der Waals surface area contributed by atoms with Crippen LogP contribution in [0.4, 0.5) is 0 Å². The second kappa shape index (κ2) is 5.89. The van der Waals surface area contributed by atoms with Gasteiger partial charge >= 0.3 is 0 Å². The molecule has 0 fully saturated rings. The predicted octanol–water partition coefficient (Wildman–Crippen LogP) is 2.59. The lowest BCUT2D eigenvalue weighted by atomic mass is 10.1. The Kier molecular flexibility index (Phi) is 3.96. The maximum atomic E-state index is 5.54. The van der Waals surface area contributed by atoms with Gasteiger partial charge in [-0.3, -0.25) is 0 Å². The first-order chi connectivity index (χ1) is 8.38. The van der Waals surface area contributed by atoms with Crippen molar-refractivity contribution in [2.75, 3.05) is 6.54 Å². The van der Waals surface area contributed by atoms with Gasteiger partial charge in [0, 0.05) is 11.1 Å². The third-order valence-corrected chi connectivity index (χ3v) is 2.48. The van der Waals surface area contributed by atoms with Gasteiger partial charge in [-0.05, 0) is 42.8 Å². The molecule has 0 aromatic heterocycles. The fourth-order valence-corrected chi connectivity index (χ4v) is 1.64. The van der Waals surface area contributed by atoms with Crippen LogP contribution in [0.2, 0.25) is 0 Å². The molecule has 2 N–H and O–H groups in total. The lowest BCUT2D eigenvalue weighted by Crippen LogP contribution is -2.02. The minimum Gasteiger partial charge on any atom is -0.330 e. The van der Waals surface area contributed by atoms with Crippen LogP contribution < -0.4 is 5.73 Å². The van der Waals surface area contributed by atoms with Crippen molar-refractivity contribution in [2.24, 2.45) is 5.73 Å². The van der Waals surface area contributed by atoms with Crippen molar-refractivity contribution in [1.29, 1.82) is 0 Å². The van der Waals surface area contributed by atoms with Crippen LogP contribution in [0.5, 0.6) is 0 Å². The Bertz CT molecular complexity index is 532. The van der Waals surface area contributed by atoms with E-state index in [-0.39, 0.29) is 0 Å². The van der Waals surface area contributed by atoms with Crippen LogP contribution in [0.15, 0.2) is 54.6 Å². The minimum absolute atomic E-state index is 0.676. The lowest BCUT2D eigenvalue weighted by Gasteiger charge is -1.98. The van der Waals surface area contributed by atoms with Crippen LogP contribution in [0.3, 0.4) is 0 Å². The highest BCUT2D eigenvalue weighted by atomic mass is 14.5. The van der Waals surface area contributed by atoms with E-state index in [4.69, 9.17) is 5.73 Å². The van der Waals surface area contributed by atoms with Crippen molar-refractivity contribution in [3.05, 3.63) is 71.3 Å². The topological polar surface area (TPSA) is 26.0 Å². The molecular weight excluding hydrogens is 206 g/mol. The number of rotatable bonds is 2. The van der Waals surface area contributed by atoms with Gasteiger partial charge < -0.3 is 5.73 Å². The molecule has 1 heteroatoms. The predicted molar refractivity (Wildman–Crippen MR) is 71.6 cm³/mol. The molecule has 2 aromatic carbocycles. The van der Waals surface area contributed by atoms with E-state index in [1.54, 1.807) is 0 Å². The van der Waals surface area contributed by atoms with E-state index < -0.39 is 0 Å². The molecule has 0 saturated heterocycles. The first-order valence-corrected chi connectivity index (χ1v) is 5.74. The molecule has 0 bridgehead atoms. The second-order valence-electron chi connectivity index (χ2n) is 3.86. The quantitative estimate of drug-likeness (QED) is 0.775. The van der Waals surface area contributed by atoms with Crippen molar-refractivity contribution < 1.29 is 0 Å². The zero-order chi connectivity index (χ0) is 11.9. The summed E-state index contributed by atoms with van der Waals surface area (Å²) in [5, 5.41) is 0. The van der Waals surface area contributed by atoms with Crippen LogP contribution in [-0.4, -0.2) is 6.54 Å². The highest BCUT2D eigenvalue weighted by molar-refractivity contribution is 5.43. The Labute approximate surface area is 102 Å². The molecule has 17 heavy (non-hydrogen) atoms. The number of benzene rings is 2. The molecule has 0 radical (unpaired) electrons. The summed E-state index contributed by atoms with van der Waals surface area (Å²) in [6, 6.07) is 18.2. The smallest absolute Gasteiger partial charge is 0.0251 e. The summed E-state index contributed by atoms with van der Waals surface area (Å²) < 4.78 is 0. The van der Waals surface area contributed by atoms with Gasteiger partial charge in [0.05, 0.1) is 0 Å². The van der Waals surface area contributed by atoms with Crippen LogP contribution >= 0.6 is 0 Å². The van der Waals surface area contributed by atoms with Crippen molar-refractivity contribution in [3.63, 3.8) is 0 Å². The van der Waals surface area contributed by atoms with Gasteiger partial charge in [0.1, 0.15) is 0 Å². The fourth-order valence-electron chi connectivity index (χ4n) is 1.64. The summed E-state index contributed by atoms with van der Waals surface area (Å²) in [4.78, 5) is 0. The summed E-state index contributed by atoms with van der Waals surface area (Å²) in [6.07, 6.45) is 0.904. The molecule has 0 atom stereocenters. The third kappa shape index (κ3) is 3.48. The highest BCUT2D eigenvalue weighted by Crippen LogP contribution is 2.05. The van der Waals surface area contributed by atoms with E-state index in [2.05, 4.69) is 24.0 Å². The zero-order valence-corrected chi connectivity index (χ0v) is 9.69. The molecule has 0 aliphatic heterocycles. The summed E-state index contributed by atoms with van der Waals surface area (Å²) in [5.74, 6) is 6.32. The Hall–Kier alpha value is -2.04. The van der Waals surface area contributed by atoms with Crippen molar-refractivity contribution in [2.45, 2.75) is 6.42 Å². The number of hydrogen-bond donors (Lipinski definition) is 1. The molecule has 0 saturated carbocycles. The summed E-state index contributed by atoms with van der Waals surface area (Å²) in [6.45, 7) is 0.676. The van der Waals surface area contributed by atoms with Crippen LogP contribution in [0.25, 0.3) is 0 Å². The first-order valence-electron chi connectivity index (χ1n) is 5.74. The lowest BCUT2D eigenvalue weighted by molar-refractivity contribution is 0.968. The monoisotopic (exact) mass is 221 g/mol. The van der Waals surface area contributed by atoms with Crippen molar-refractivity contribution >= 4 is 0 Å². The SMILES string of the molecule is NCCc1cccc(C#Cc2ccccc2)c1. The number of nitrogens with two attached hydrogens (primary N) is 1. The average molecular weight is 221 g/mol. The Morgan fingerprint density at radius 3 is 2.29 bits per heavy atom. The Morgan fingerprint density at radius 2 is 1.53 bits per heavy atom. The highest BCUT2D eigenvalue weighted by Gasteiger charge is 1.92. The summed E-state index contributed by atoms with van der Waals surface area (Å²) in [5.41, 5.74) is 8.86. The molecule has 2 rings (SSSR count). The normalized spacial score (nSPS) is 9.47. The van der Waals surface area contributed by atoms with Gasteiger partial charge in [-0.1, -0.05) is 42.2 Å². The molecule has 0 aliphatic rings. The van der Waals surface area contributed by atoms with E-state index in [1.807, 2.05) is 42.5 Å². The van der Waals surface area contributed by atoms with Crippen molar-refractivity contribution in [3.8, 4) is 11.8 Å². The van der Waals surface area contributed by atoms with Crippen LogP contribution in [0.1, 0.15) is 16.7 Å².